The minimum atomic E-state index is -0.133. The number of carbonyl (C=O) groups is 1. The second-order valence-corrected chi connectivity index (χ2v) is 6.38. The van der Waals surface area contributed by atoms with E-state index < -0.39 is 0 Å². The zero-order chi connectivity index (χ0) is 17.5. The highest BCUT2D eigenvalue weighted by molar-refractivity contribution is 6.04. The number of ether oxygens (including phenoxy) is 2. The molecule has 0 spiro atoms. The van der Waals surface area contributed by atoms with Gasteiger partial charge in [-0.2, -0.15) is 0 Å². The van der Waals surface area contributed by atoms with E-state index in [1.165, 1.54) is 12.8 Å². The number of nitrogens with one attached hydrogen (secondary N) is 1. The number of anilines is 1. The predicted molar refractivity (Wildman–Crippen MR) is 99.5 cm³/mol. The monoisotopic (exact) mass is 339 g/mol. The van der Waals surface area contributed by atoms with Gasteiger partial charge in [-0.15, -0.1) is 0 Å². The Morgan fingerprint density at radius 3 is 2.28 bits per heavy atom. The number of rotatable bonds is 7. The summed E-state index contributed by atoms with van der Waals surface area (Å²) in [7, 11) is 0. The zero-order valence-corrected chi connectivity index (χ0v) is 14.7. The molecule has 3 rings (SSSR count). The number of hydrogen-bond donors (Lipinski definition) is 1. The Balaban J connectivity index is 1.54. The maximum atomic E-state index is 12.3. The molecule has 2 aromatic rings. The maximum absolute atomic E-state index is 12.3. The fourth-order valence-corrected chi connectivity index (χ4v) is 2.94. The van der Waals surface area contributed by atoms with Gasteiger partial charge in [0.05, 0.1) is 12.7 Å². The molecule has 0 aliphatic heterocycles. The van der Waals surface area contributed by atoms with Gasteiger partial charge in [0.1, 0.15) is 11.5 Å². The van der Waals surface area contributed by atoms with Gasteiger partial charge in [0.15, 0.2) is 0 Å². The van der Waals surface area contributed by atoms with E-state index in [4.69, 9.17) is 9.47 Å². The molecular formula is C21H25NO3. The van der Waals surface area contributed by atoms with Crippen molar-refractivity contribution in [3.63, 3.8) is 0 Å². The van der Waals surface area contributed by atoms with Crippen molar-refractivity contribution in [1.29, 1.82) is 0 Å². The normalized spacial score (nSPS) is 14.3. The lowest BCUT2D eigenvalue weighted by atomic mass is 10.2. The predicted octanol–water partition coefficient (Wildman–Crippen LogP) is 5.05. The van der Waals surface area contributed by atoms with E-state index >= 15 is 0 Å². The highest BCUT2D eigenvalue weighted by Crippen LogP contribution is 2.25. The Hall–Kier alpha value is -2.49. The van der Waals surface area contributed by atoms with E-state index in [2.05, 4.69) is 12.2 Å². The minimum absolute atomic E-state index is 0.133. The molecule has 0 aromatic heterocycles. The van der Waals surface area contributed by atoms with E-state index in [-0.39, 0.29) is 5.91 Å². The van der Waals surface area contributed by atoms with E-state index in [0.717, 1.165) is 36.4 Å². The fraction of sp³-hybridized carbons (Fsp3) is 0.381. The van der Waals surface area contributed by atoms with Crippen LogP contribution in [-0.2, 0) is 0 Å². The van der Waals surface area contributed by atoms with E-state index in [1.807, 2.05) is 36.4 Å². The second kappa shape index (κ2) is 8.56. The lowest BCUT2D eigenvalue weighted by molar-refractivity contribution is 0.102. The van der Waals surface area contributed by atoms with Gasteiger partial charge >= 0.3 is 0 Å². The Labute approximate surface area is 149 Å². The molecule has 1 fully saturated rings. The Morgan fingerprint density at radius 2 is 1.64 bits per heavy atom. The largest absolute Gasteiger partial charge is 0.494 e. The van der Waals surface area contributed by atoms with Gasteiger partial charge < -0.3 is 14.8 Å². The molecule has 2 aromatic carbocycles. The Morgan fingerprint density at radius 1 is 1.00 bits per heavy atom. The SMILES string of the molecule is CCCOc1ccc(C(=O)Nc2ccc(OC3CCCC3)cc2)cc1. The summed E-state index contributed by atoms with van der Waals surface area (Å²) in [5.41, 5.74) is 1.37. The number of amides is 1. The molecule has 0 heterocycles. The van der Waals surface area contributed by atoms with Gasteiger partial charge in [0.2, 0.25) is 0 Å². The summed E-state index contributed by atoms with van der Waals surface area (Å²) in [6.07, 6.45) is 6.08. The molecule has 0 unspecified atom stereocenters. The van der Waals surface area contributed by atoms with Gasteiger partial charge in [-0.25, -0.2) is 0 Å². The molecular weight excluding hydrogens is 314 g/mol. The van der Waals surface area contributed by atoms with Crippen LogP contribution in [0.25, 0.3) is 0 Å². The Kier molecular flexibility index (Phi) is 5.94. The third-order valence-electron chi connectivity index (χ3n) is 4.31. The van der Waals surface area contributed by atoms with Gasteiger partial charge in [0, 0.05) is 11.3 Å². The van der Waals surface area contributed by atoms with Crippen LogP contribution in [0, 0.1) is 0 Å². The number of carbonyl (C=O) groups excluding carboxylic acids is 1. The standard InChI is InChI=1S/C21H25NO3/c1-2-15-24-18-11-7-16(8-12-18)21(23)22-17-9-13-20(14-10-17)25-19-5-3-4-6-19/h7-14,19H,2-6,15H2,1H3,(H,22,23). The fourth-order valence-electron chi connectivity index (χ4n) is 2.94. The summed E-state index contributed by atoms with van der Waals surface area (Å²) < 4.78 is 11.5. The highest BCUT2D eigenvalue weighted by atomic mass is 16.5. The molecule has 1 N–H and O–H groups in total. The molecule has 25 heavy (non-hydrogen) atoms. The molecule has 132 valence electrons. The maximum Gasteiger partial charge on any atom is 0.255 e. The second-order valence-electron chi connectivity index (χ2n) is 6.38. The minimum Gasteiger partial charge on any atom is -0.494 e. The molecule has 0 radical (unpaired) electrons. The van der Waals surface area contributed by atoms with Crippen molar-refractivity contribution >= 4 is 11.6 Å². The number of hydrogen-bond acceptors (Lipinski definition) is 3. The van der Waals surface area contributed by atoms with Gasteiger partial charge in [-0.1, -0.05) is 6.92 Å². The van der Waals surface area contributed by atoms with Crippen LogP contribution in [0.3, 0.4) is 0 Å². The summed E-state index contributed by atoms with van der Waals surface area (Å²) in [5.74, 6) is 1.51. The quantitative estimate of drug-likeness (QED) is 0.768. The van der Waals surface area contributed by atoms with Crippen LogP contribution in [0.4, 0.5) is 5.69 Å². The molecule has 0 bridgehead atoms. The summed E-state index contributed by atoms with van der Waals surface area (Å²) in [4.78, 5) is 12.3. The zero-order valence-electron chi connectivity index (χ0n) is 14.7. The van der Waals surface area contributed by atoms with Crippen LogP contribution in [-0.4, -0.2) is 18.6 Å². The Bertz CT molecular complexity index is 673. The lowest BCUT2D eigenvalue weighted by Gasteiger charge is -2.13. The average Bonchev–Trinajstić information content (AvgIpc) is 3.15. The van der Waals surface area contributed by atoms with E-state index in [0.29, 0.717) is 18.3 Å². The van der Waals surface area contributed by atoms with Crippen molar-refractivity contribution in [2.24, 2.45) is 0 Å². The molecule has 0 saturated heterocycles. The average molecular weight is 339 g/mol. The molecule has 1 saturated carbocycles. The first-order valence-electron chi connectivity index (χ1n) is 9.05. The molecule has 1 aliphatic rings. The first-order chi connectivity index (χ1) is 12.2. The van der Waals surface area contributed by atoms with E-state index in [9.17, 15) is 4.79 Å². The van der Waals surface area contributed by atoms with Gasteiger partial charge in [-0.05, 0) is 80.6 Å². The van der Waals surface area contributed by atoms with Crippen molar-refractivity contribution in [3.05, 3.63) is 54.1 Å². The van der Waals surface area contributed by atoms with Gasteiger partial charge in [0.25, 0.3) is 5.91 Å². The van der Waals surface area contributed by atoms with Gasteiger partial charge in [-0.3, -0.25) is 4.79 Å². The third kappa shape index (κ3) is 4.99. The molecule has 1 aliphatic carbocycles. The van der Waals surface area contributed by atoms with Crippen LogP contribution >= 0.6 is 0 Å². The molecule has 4 heteroatoms. The summed E-state index contributed by atoms with van der Waals surface area (Å²) in [6, 6.07) is 14.8. The van der Waals surface area contributed by atoms with Crippen LogP contribution < -0.4 is 14.8 Å². The summed E-state index contributed by atoms with van der Waals surface area (Å²) >= 11 is 0. The van der Waals surface area contributed by atoms with Crippen molar-refractivity contribution in [2.45, 2.75) is 45.1 Å². The van der Waals surface area contributed by atoms with Crippen molar-refractivity contribution in [2.75, 3.05) is 11.9 Å². The topological polar surface area (TPSA) is 47.6 Å². The van der Waals surface area contributed by atoms with Crippen LogP contribution in [0.2, 0.25) is 0 Å². The highest BCUT2D eigenvalue weighted by Gasteiger charge is 2.16. The lowest BCUT2D eigenvalue weighted by Crippen LogP contribution is -2.12. The molecule has 4 nitrogen and oxygen atoms in total. The summed E-state index contributed by atoms with van der Waals surface area (Å²) in [6.45, 7) is 2.74. The van der Waals surface area contributed by atoms with E-state index in [1.54, 1.807) is 12.1 Å². The van der Waals surface area contributed by atoms with Crippen molar-refractivity contribution in [1.82, 2.24) is 0 Å². The van der Waals surface area contributed by atoms with Crippen LogP contribution in [0.5, 0.6) is 11.5 Å². The third-order valence-corrected chi connectivity index (χ3v) is 4.31. The molecule has 1 amide bonds. The first-order valence-corrected chi connectivity index (χ1v) is 9.05. The van der Waals surface area contributed by atoms with Crippen LogP contribution in [0.1, 0.15) is 49.4 Å². The first kappa shape index (κ1) is 17.3. The number of benzene rings is 2. The van der Waals surface area contributed by atoms with Crippen LogP contribution in [0.15, 0.2) is 48.5 Å². The smallest absolute Gasteiger partial charge is 0.255 e. The van der Waals surface area contributed by atoms with Crippen molar-refractivity contribution < 1.29 is 14.3 Å². The van der Waals surface area contributed by atoms with Crippen molar-refractivity contribution in [3.8, 4) is 11.5 Å². The summed E-state index contributed by atoms with van der Waals surface area (Å²) in [5, 5.41) is 2.91. The molecule has 0 atom stereocenters.